The van der Waals surface area contributed by atoms with Crippen LogP contribution in [0, 0.1) is 5.41 Å². The van der Waals surface area contributed by atoms with Crippen molar-refractivity contribution in [2.45, 2.75) is 46.4 Å². The highest BCUT2D eigenvalue weighted by Gasteiger charge is 2.23. The summed E-state index contributed by atoms with van der Waals surface area (Å²) in [5, 5.41) is 0. The van der Waals surface area contributed by atoms with Gasteiger partial charge in [-0.1, -0.05) is 32.9 Å². The van der Waals surface area contributed by atoms with Crippen molar-refractivity contribution in [1.29, 1.82) is 0 Å². The molecule has 1 aliphatic carbocycles. The zero-order valence-corrected chi connectivity index (χ0v) is 10.3. The van der Waals surface area contributed by atoms with Crippen LogP contribution >= 0.6 is 0 Å². The van der Waals surface area contributed by atoms with Gasteiger partial charge in [0.25, 0.3) is 0 Å². The van der Waals surface area contributed by atoms with Gasteiger partial charge in [0.15, 0.2) is 5.78 Å². The summed E-state index contributed by atoms with van der Waals surface area (Å²) in [7, 11) is 0. The molecule has 0 fully saturated rings. The maximum absolute atomic E-state index is 12.2. The molecule has 1 aromatic rings. The summed E-state index contributed by atoms with van der Waals surface area (Å²) in [6.07, 6.45) is 2.91. The number of Topliss-reactive ketones (excluding diaryl/α,β-unsaturated/α-hetero) is 1. The first-order valence-corrected chi connectivity index (χ1v) is 5.99. The fraction of sp³-hybridized carbons (Fsp3) is 0.533. The molecule has 0 aliphatic heterocycles. The molecular weight excluding hydrogens is 196 g/mol. The second kappa shape index (κ2) is 4.04. The third kappa shape index (κ3) is 2.18. The van der Waals surface area contributed by atoms with E-state index in [2.05, 4.69) is 0 Å². The lowest BCUT2D eigenvalue weighted by Crippen LogP contribution is -2.20. The summed E-state index contributed by atoms with van der Waals surface area (Å²) in [4.78, 5) is 12.2. The number of rotatable bonds is 1. The van der Waals surface area contributed by atoms with Gasteiger partial charge >= 0.3 is 0 Å². The molecule has 1 nitrogen and oxygen atoms in total. The van der Waals surface area contributed by atoms with Gasteiger partial charge in [0.2, 0.25) is 0 Å². The second-order valence-electron chi connectivity index (χ2n) is 5.59. The summed E-state index contributed by atoms with van der Waals surface area (Å²) < 4.78 is 8.04. The average Bonchev–Trinajstić information content (AvgIpc) is 2.27. The van der Waals surface area contributed by atoms with Crippen LogP contribution in [0.2, 0.25) is 0 Å². The van der Waals surface area contributed by atoms with Crippen molar-refractivity contribution in [3.05, 3.63) is 34.9 Å². The van der Waals surface area contributed by atoms with Crippen molar-refractivity contribution in [2.24, 2.45) is 5.41 Å². The molecule has 1 unspecified atom stereocenters. The van der Waals surface area contributed by atoms with E-state index in [-0.39, 0.29) is 17.6 Å². The first-order chi connectivity index (χ1) is 7.89. The van der Waals surface area contributed by atoms with Crippen LogP contribution < -0.4 is 0 Å². The quantitative estimate of drug-likeness (QED) is 0.654. The van der Waals surface area contributed by atoms with Crippen molar-refractivity contribution in [3.63, 3.8) is 0 Å². The topological polar surface area (TPSA) is 17.1 Å². The Hall–Kier alpha value is -1.11. The summed E-state index contributed by atoms with van der Waals surface area (Å²) in [5.74, 6) is 0.165. The van der Waals surface area contributed by atoms with Gasteiger partial charge < -0.3 is 0 Å². The number of hydrogen-bond donors (Lipinski definition) is 0. The Morgan fingerprint density at radius 1 is 1.25 bits per heavy atom. The average molecular weight is 217 g/mol. The molecule has 16 heavy (non-hydrogen) atoms. The Kier molecular flexibility index (Phi) is 2.55. The third-order valence-electron chi connectivity index (χ3n) is 3.10. The molecule has 1 aromatic carbocycles. The number of fused-ring (bicyclic) bond motifs is 1. The van der Waals surface area contributed by atoms with Crippen LogP contribution in [-0.2, 0) is 12.8 Å². The van der Waals surface area contributed by atoms with Gasteiger partial charge in [-0.15, -0.1) is 0 Å². The highest BCUT2D eigenvalue weighted by atomic mass is 16.1. The molecule has 0 aromatic heterocycles. The van der Waals surface area contributed by atoms with Gasteiger partial charge in [-0.3, -0.25) is 4.79 Å². The molecule has 0 amide bonds. The molecule has 0 spiro atoms. The monoisotopic (exact) mass is 217 g/mol. The molecule has 0 saturated heterocycles. The largest absolute Gasteiger partial charge is 0.294 e. The first kappa shape index (κ1) is 10.1. The van der Waals surface area contributed by atoms with Crippen LogP contribution in [0.4, 0.5) is 0 Å². The van der Waals surface area contributed by atoms with E-state index >= 15 is 0 Å². The van der Waals surface area contributed by atoms with E-state index in [1.54, 1.807) is 0 Å². The van der Waals surface area contributed by atoms with E-state index in [9.17, 15) is 4.79 Å². The molecule has 0 N–H and O–H groups in total. The van der Waals surface area contributed by atoms with Crippen LogP contribution in [0.1, 0.15) is 56.5 Å². The number of ketones is 1. The Balaban J connectivity index is 2.39. The lowest BCUT2D eigenvalue weighted by molar-refractivity contribution is 0.0858. The van der Waals surface area contributed by atoms with Crippen molar-refractivity contribution in [3.8, 4) is 0 Å². The minimum atomic E-state index is -0.347. The Bertz CT molecular complexity index is 443. The standard InChI is InChI=1S/C15H20O/c1-15(2,3)14(16)13-9-8-11-6-4-5-7-12(11)10-13/h8-10H,4-7H2,1-3H3/i7D. The van der Waals surface area contributed by atoms with Crippen molar-refractivity contribution in [2.75, 3.05) is 0 Å². The van der Waals surface area contributed by atoms with Gasteiger partial charge in [0.05, 0.1) is 0 Å². The molecule has 0 bridgehead atoms. The minimum Gasteiger partial charge on any atom is -0.294 e. The molecular formula is C15H20O. The maximum atomic E-state index is 12.2. The second-order valence-corrected chi connectivity index (χ2v) is 5.59. The zero-order valence-electron chi connectivity index (χ0n) is 11.3. The smallest absolute Gasteiger partial charge is 0.168 e. The molecule has 86 valence electrons. The van der Waals surface area contributed by atoms with E-state index < -0.39 is 0 Å². The molecule has 0 heterocycles. The maximum Gasteiger partial charge on any atom is 0.168 e. The van der Waals surface area contributed by atoms with Crippen LogP contribution in [0.25, 0.3) is 0 Å². The Morgan fingerprint density at radius 2 is 2.00 bits per heavy atom. The van der Waals surface area contributed by atoms with Gasteiger partial charge in [0, 0.05) is 12.3 Å². The summed E-state index contributed by atoms with van der Waals surface area (Å²) in [5.41, 5.74) is 2.73. The summed E-state index contributed by atoms with van der Waals surface area (Å²) in [6.45, 7) is 5.81. The van der Waals surface area contributed by atoms with E-state index in [4.69, 9.17) is 1.37 Å². The lowest BCUT2D eigenvalue weighted by atomic mass is 9.83. The molecule has 2 rings (SSSR count). The highest BCUT2D eigenvalue weighted by molar-refractivity contribution is 6.00. The number of carbonyl (C=O) groups is 1. The van der Waals surface area contributed by atoms with Crippen LogP contribution in [0.5, 0.6) is 0 Å². The highest BCUT2D eigenvalue weighted by Crippen LogP contribution is 2.26. The third-order valence-corrected chi connectivity index (χ3v) is 3.10. The van der Waals surface area contributed by atoms with E-state index in [1.165, 1.54) is 5.56 Å². The number of aryl methyl sites for hydroxylation is 2. The van der Waals surface area contributed by atoms with Crippen molar-refractivity contribution < 1.29 is 6.17 Å². The van der Waals surface area contributed by atoms with Gasteiger partial charge in [-0.25, -0.2) is 0 Å². The molecule has 1 atom stereocenters. The minimum absolute atomic E-state index is 0.147. The fourth-order valence-corrected chi connectivity index (χ4v) is 2.14. The van der Waals surface area contributed by atoms with E-state index in [0.717, 1.165) is 30.4 Å². The van der Waals surface area contributed by atoms with Crippen LogP contribution in [-0.4, -0.2) is 5.78 Å². The fourth-order valence-electron chi connectivity index (χ4n) is 2.14. The molecule has 1 aliphatic rings. The SMILES string of the molecule is [2H]C1CCCc2ccc(C(=O)C(C)(C)C)cc21. The number of hydrogen-bond acceptors (Lipinski definition) is 1. The van der Waals surface area contributed by atoms with Crippen LogP contribution in [0.15, 0.2) is 18.2 Å². The number of benzene rings is 1. The van der Waals surface area contributed by atoms with E-state index in [1.807, 2.05) is 39.0 Å². The molecule has 1 heteroatoms. The zero-order chi connectivity index (χ0) is 12.6. The molecule has 0 radical (unpaired) electrons. The van der Waals surface area contributed by atoms with Gasteiger partial charge in [-0.2, -0.15) is 0 Å². The molecule has 0 saturated carbocycles. The van der Waals surface area contributed by atoms with Gasteiger partial charge in [0.1, 0.15) is 0 Å². The Labute approximate surface area is 99.3 Å². The predicted octanol–water partition coefficient (Wildman–Crippen LogP) is 3.79. The lowest BCUT2D eigenvalue weighted by Gasteiger charge is -2.20. The van der Waals surface area contributed by atoms with Crippen molar-refractivity contribution >= 4 is 5.78 Å². The van der Waals surface area contributed by atoms with Crippen LogP contribution in [0.3, 0.4) is 0 Å². The van der Waals surface area contributed by atoms with Crippen molar-refractivity contribution in [1.82, 2.24) is 0 Å². The number of carbonyl (C=O) groups excluding carboxylic acids is 1. The van der Waals surface area contributed by atoms with Gasteiger partial charge in [-0.05, 0) is 42.9 Å². The summed E-state index contributed by atoms with van der Waals surface area (Å²) in [6, 6.07) is 5.90. The first-order valence-electron chi connectivity index (χ1n) is 6.57. The Morgan fingerprint density at radius 3 is 2.69 bits per heavy atom. The normalized spacial score (nSPS) is 21.2. The summed E-state index contributed by atoms with van der Waals surface area (Å²) >= 11 is 0. The predicted molar refractivity (Wildman–Crippen MR) is 66.9 cm³/mol. The van der Waals surface area contributed by atoms with E-state index in [0.29, 0.717) is 0 Å².